The van der Waals surface area contributed by atoms with Crippen LogP contribution in [0.25, 0.3) is 0 Å². The van der Waals surface area contributed by atoms with Crippen LogP contribution in [-0.4, -0.2) is 32.6 Å². The third kappa shape index (κ3) is 4.40. The Kier molecular flexibility index (Phi) is 6.74. The van der Waals surface area contributed by atoms with E-state index in [-0.39, 0.29) is 6.54 Å². The number of benzene rings is 2. The molecule has 0 saturated heterocycles. The van der Waals surface area contributed by atoms with E-state index in [1.165, 1.54) is 7.11 Å². The molecule has 6 nitrogen and oxygen atoms in total. The lowest BCUT2D eigenvalue weighted by atomic mass is 9.90. The maximum absolute atomic E-state index is 12.2. The molecule has 0 bridgehead atoms. The average Bonchev–Trinajstić information content (AvgIpc) is 2.70. The molecule has 2 amide bonds. The number of rotatable bonds is 7. The maximum Gasteiger partial charge on any atom is 0.313 e. The third-order valence-corrected chi connectivity index (χ3v) is 4.36. The molecule has 6 heteroatoms. The van der Waals surface area contributed by atoms with Gasteiger partial charge in [0.1, 0.15) is 11.4 Å². The number of carbonyl (C=O) groups is 2. The Bertz CT molecular complexity index is 742. The fourth-order valence-electron chi connectivity index (χ4n) is 2.74. The number of anilines is 1. The Morgan fingerprint density at radius 3 is 2.23 bits per heavy atom. The zero-order chi connectivity index (χ0) is 19.0. The van der Waals surface area contributed by atoms with Crippen molar-refractivity contribution in [3.8, 4) is 5.75 Å². The highest BCUT2D eigenvalue weighted by Crippen LogP contribution is 2.28. The van der Waals surface area contributed by atoms with E-state index < -0.39 is 17.4 Å². The van der Waals surface area contributed by atoms with E-state index in [0.29, 0.717) is 17.9 Å². The van der Waals surface area contributed by atoms with E-state index in [9.17, 15) is 9.59 Å². The number of amides is 2. The molecular weight excluding hydrogens is 332 g/mol. The third-order valence-electron chi connectivity index (χ3n) is 4.36. The van der Waals surface area contributed by atoms with Crippen molar-refractivity contribution in [3.63, 3.8) is 0 Å². The van der Waals surface area contributed by atoms with Crippen LogP contribution in [0.2, 0.25) is 0 Å². The van der Waals surface area contributed by atoms with Crippen LogP contribution in [0, 0.1) is 0 Å². The van der Waals surface area contributed by atoms with Gasteiger partial charge in [-0.2, -0.15) is 0 Å². The summed E-state index contributed by atoms with van der Waals surface area (Å²) < 4.78 is 10.9. The summed E-state index contributed by atoms with van der Waals surface area (Å²) in [7, 11) is 3.09. The molecule has 2 aromatic rings. The van der Waals surface area contributed by atoms with Crippen molar-refractivity contribution in [1.29, 1.82) is 0 Å². The molecule has 0 heterocycles. The molecule has 0 saturated carbocycles. The molecule has 26 heavy (non-hydrogen) atoms. The van der Waals surface area contributed by atoms with E-state index >= 15 is 0 Å². The summed E-state index contributed by atoms with van der Waals surface area (Å²) in [5.41, 5.74) is 0.684. The Morgan fingerprint density at radius 2 is 1.62 bits per heavy atom. The van der Waals surface area contributed by atoms with Crippen molar-refractivity contribution in [1.82, 2.24) is 5.32 Å². The molecule has 1 unspecified atom stereocenters. The Morgan fingerprint density at radius 1 is 0.962 bits per heavy atom. The normalized spacial score (nSPS) is 12.7. The smallest absolute Gasteiger partial charge is 0.313 e. The molecule has 0 fully saturated rings. The molecule has 138 valence electrons. The van der Waals surface area contributed by atoms with Crippen molar-refractivity contribution in [2.45, 2.75) is 18.9 Å². The number of para-hydroxylation sites is 2. The van der Waals surface area contributed by atoms with E-state index in [1.807, 2.05) is 37.3 Å². The number of ether oxygens (including phenoxy) is 2. The second-order valence-electron chi connectivity index (χ2n) is 5.76. The number of hydrogen-bond donors (Lipinski definition) is 2. The van der Waals surface area contributed by atoms with Gasteiger partial charge in [0, 0.05) is 7.11 Å². The van der Waals surface area contributed by atoms with Gasteiger partial charge >= 0.3 is 11.8 Å². The van der Waals surface area contributed by atoms with Gasteiger partial charge in [0.05, 0.1) is 19.3 Å². The first kappa shape index (κ1) is 19.5. The van der Waals surface area contributed by atoms with Crippen LogP contribution in [-0.2, 0) is 19.9 Å². The highest BCUT2D eigenvalue weighted by atomic mass is 16.5. The van der Waals surface area contributed by atoms with Gasteiger partial charge in [-0.15, -0.1) is 0 Å². The standard InChI is InChI=1S/C20H24N2O4/c1-4-20(26-3,15-10-6-5-7-11-15)14-21-18(23)19(24)22-16-12-8-9-13-17(16)25-2/h5-13H,4,14H2,1-3H3,(H,21,23)(H,22,24). The molecule has 0 radical (unpaired) electrons. The largest absolute Gasteiger partial charge is 0.495 e. The van der Waals surface area contributed by atoms with Crippen LogP contribution >= 0.6 is 0 Å². The topological polar surface area (TPSA) is 76.7 Å². The van der Waals surface area contributed by atoms with Crippen LogP contribution in [0.3, 0.4) is 0 Å². The number of methoxy groups -OCH3 is 2. The fraction of sp³-hybridized carbons (Fsp3) is 0.300. The van der Waals surface area contributed by atoms with Gasteiger partial charge in [-0.25, -0.2) is 0 Å². The average molecular weight is 356 g/mol. The van der Waals surface area contributed by atoms with Crippen molar-refractivity contribution >= 4 is 17.5 Å². The van der Waals surface area contributed by atoms with Crippen molar-refractivity contribution in [2.24, 2.45) is 0 Å². The monoisotopic (exact) mass is 356 g/mol. The highest BCUT2D eigenvalue weighted by Gasteiger charge is 2.31. The Labute approximate surface area is 153 Å². The zero-order valence-electron chi connectivity index (χ0n) is 15.2. The van der Waals surface area contributed by atoms with Gasteiger partial charge in [0.2, 0.25) is 0 Å². The number of nitrogens with one attached hydrogen (secondary N) is 2. The van der Waals surface area contributed by atoms with Gasteiger partial charge in [-0.3, -0.25) is 9.59 Å². The summed E-state index contributed by atoms with van der Waals surface area (Å²) in [5, 5.41) is 5.22. The Hall–Kier alpha value is -2.86. The molecule has 0 spiro atoms. The van der Waals surface area contributed by atoms with Crippen LogP contribution < -0.4 is 15.4 Å². The lowest BCUT2D eigenvalue weighted by Gasteiger charge is -2.32. The number of carbonyl (C=O) groups excluding carboxylic acids is 2. The summed E-state index contributed by atoms with van der Waals surface area (Å²) in [6.45, 7) is 2.15. The van der Waals surface area contributed by atoms with Crippen molar-refractivity contribution in [2.75, 3.05) is 26.1 Å². The minimum absolute atomic E-state index is 0.183. The van der Waals surface area contributed by atoms with E-state index in [1.54, 1.807) is 31.4 Å². The molecular formula is C20H24N2O4. The minimum atomic E-state index is -0.760. The van der Waals surface area contributed by atoms with Crippen LogP contribution in [0.5, 0.6) is 5.75 Å². The summed E-state index contributed by atoms with van der Waals surface area (Å²) in [4.78, 5) is 24.4. The summed E-state index contributed by atoms with van der Waals surface area (Å²) in [5.74, 6) is -1.01. The summed E-state index contributed by atoms with van der Waals surface area (Å²) in [6.07, 6.45) is 0.641. The molecule has 2 aromatic carbocycles. The van der Waals surface area contributed by atoms with Gasteiger partial charge in [-0.05, 0) is 24.1 Å². The lowest BCUT2D eigenvalue weighted by Crippen LogP contribution is -2.45. The van der Waals surface area contributed by atoms with Crippen molar-refractivity contribution < 1.29 is 19.1 Å². The second-order valence-corrected chi connectivity index (χ2v) is 5.76. The Balaban J connectivity index is 2.05. The van der Waals surface area contributed by atoms with E-state index in [0.717, 1.165) is 5.56 Å². The SMILES string of the molecule is CCC(CNC(=O)C(=O)Nc1ccccc1OC)(OC)c1ccccc1. The lowest BCUT2D eigenvalue weighted by molar-refractivity contribution is -0.137. The van der Waals surface area contributed by atoms with Gasteiger partial charge in [-0.1, -0.05) is 49.4 Å². The quantitative estimate of drug-likeness (QED) is 0.748. The summed E-state index contributed by atoms with van der Waals surface area (Å²) >= 11 is 0. The molecule has 0 aliphatic carbocycles. The first-order chi connectivity index (χ1) is 12.6. The van der Waals surface area contributed by atoms with Crippen LogP contribution in [0.15, 0.2) is 54.6 Å². The molecule has 0 aromatic heterocycles. The van der Waals surface area contributed by atoms with Gasteiger partial charge < -0.3 is 20.1 Å². The van der Waals surface area contributed by atoms with Crippen molar-refractivity contribution in [3.05, 3.63) is 60.2 Å². The predicted octanol–water partition coefficient (Wildman–Crippen LogP) is 2.70. The number of hydrogen-bond acceptors (Lipinski definition) is 4. The first-order valence-corrected chi connectivity index (χ1v) is 8.39. The first-order valence-electron chi connectivity index (χ1n) is 8.39. The van der Waals surface area contributed by atoms with Gasteiger partial charge in [0.25, 0.3) is 0 Å². The predicted molar refractivity (Wildman–Crippen MR) is 100 cm³/mol. The fourth-order valence-corrected chi connectivity index (χ4v) is 2.74. The van der Waals surface area contributed by atoms with E-state index in [2.05, 4.69) is 10.6 Å². The molecule has 0 aliphatic heterocycles. The molecule has 2 N–H and O–H groups in total. The second kappa shape index (κ2) is 9.01. The highest BCUT2D eigenvalue weighted by molar-refractivity contribution is 6.39. The van der Waals surface area contributed by atoms with Gasteiger partial charge in [0.15, 0.2) is 0 Å². The minimum Gasteiger partial charge on any atom is -0.495 e. The molecule has 2 rings (SSSR count). The van der Waals surface area contributed by atoms with Crippen LogP contribution in [0.1, 0.15) is 18.9 Å². The molecule has 0 aliphatic rings. The maximum atomic E-state index is 12.2. The zero-order valence-corrected chi connectivity index (χ0v) is 15.2. The van der Waals surface area contributed by atoms with E-state index in [4.69, 9.17) is 9.47 Å². The van der Waals surface area contributed by atoms with Crippen LogP contribution in [0.4, 0.5) is 5.69 Å². The molecule has 1 atom stereocenters. The summed E-state index contributed by atoms with van der Waals surface area (Å²) in [6, 6.07) is 16.5.